The highest BCUT2D eigenvalue weighted by atomic mass is 16.5. The number of rotatable bonds is 9. The van der Waals surface area contributed by atoms with E-state index in [1.807, 2.05) is 39.0 Å². The lowest BCUT2D eigenvalue weighted by Gasteiger charge is -2.18. The molecule has 0 unspecified atom stereocenters. The standard InChI is InChI=1S/C23H27NO4/c1-5-24(6-2)23(26)16-28-20-11-9-19(10-12-20)21(25)13-7-18-8-14-22(27-4)17(3)15-18/h7-15H,5-6,16H2,1-4H3/b13-7+. The van der Waals surface area contributed by atoms with E-state index in [1.54, 1.807) is 48.4 Å². The molecule has 0 fully saturated rings. The van der Waals surface area contributed by atoms with E-state index in [0.717, 1.165) is 16.9 Å². The van der Waals surface area contributed by atoms with E-state index in [2.05, 4.69) is 0 Å². The number of ether oxygens (including phenoxy) is 2. The van der Waals surface area contributed by atoms with Gasteiger partial charge in [-0.15, -0.1) is 0 Å². The summed E-state index contributed by atoms with van der Waals surface area (Å²) in [6.45, 7) is 7.14. The third-order valence-corrected chi connectivity index (χ3v) is 4.46. The molecule has 0 aliphatic heterocycles. The number of benzene rings is 2. The SMILES string of the molecule is CCN(CC)C(=O)COc1ccc(C(=O)/C=C/c2ccc(OC)c(C)c2)cc1. The lowest BCUT2D eigenvalue weighted by Crippen LogP contribution is -2.34. The van der Waals surface area contributed by atoms with Gasteiger partial charge < -0.3 is 14.4 Å². The van der Waals surface area contributed by atoms with E-state index in [0.29, 0.717) is 24.4 Å². The monoisotopic (exact) mass is 381 g/mol. The van der Waals surface area contributed by atoms with Gasteiger partial charge in [-0.25, -0.2) is 0 Å². The number of ketones is 1. The predicted octanol–water partition coefficient (Wildman–Crippen LogP) is 4.15. The number of allylic oxidation sites excluding steroid dienone is 1. The molecule has 0 heterocycles. The molecule has 0 atom stereocenters. The molecule has 0 bridgehead atoms. The summed E-state index contributed by atoms with van der Waals surface area (Å²) in [5.41, 5.74) is 2.50. The topological polar surface area (TPSA) is 55.8 Å². The van der Waals surface area contributed by atoms with E-state index in [9.17, 15) is 9.59 Å². The molecule has 0 N–H and O–H groups in total. The first-order valence-corrected chi connectivity index (χ1v) is 9.36. The molecule has 2 aromatic rings. The average Bonchev–Trinajstić information content (AvgIpc) is 2.72. The second kappa shape index (κ2) is 10.3. The van der Waals surface area contributed by atoms with Gasteiger partial charge in [-0.3, -0.25) is 9.59 Å². The Labute approximate surface area is 166 Å². The summed E-state index contributed by atoms with van der Waals surface area (Å²) in [5.74, 6) is 1.23. The molecule has 0 aliphatic carbocycles. The molecule has 0 saturated carbocycles. The summed E-state index contributed by atoms with van der Waals surface area (Å²) in [6, 6.07) is 12.5. The van der Waals surface area contributed by atoms with Crippen LogP contribution in [-0.4, -0.2) is 43.4 Å². The van der Waals surface area contributed by atoms with Crippen LogP contribution in [0.1, 0.15) is 35.3 Å². The van der Waals surface area contributed by atoms with Gasteiger partial charge in [-0.2, -0.15) is 0 Å². The number of hydrogen-bond donors (Lipinski definition) is 0. The number of carbonyl (C=O) groups is 2. The van der Waals surface area contributed by atoms with E-state index in [-0.39, 0.29) is 18.3 Å². The van der Waals surface area contributed by atoms with Crippen LogP contribution in [0, 0.1) is 6.92 Å². The molecule has 28 heavy (non-hydrogen) atoms. The molecule has 148 valence electrons. The van der Waals surface area contributed by atoms with Crippen molar-refractivity contribution in [3.63, 3.8) is 0 Å². The number of hydrogen-bond acceptors (Lipinski definition) is 4. The lowest BCUT2D eigenvalue weighted by molar-refractivity contribution is -0.132. The van der Waals surface area contributed by atoms with Crippen LogP contribution in [-0.2, 0) is 4.79 Å². The van der Waals surface area contributed by atoms with E-state index < -0.39 is 0 Å². The Hall–Kier alpha value is -3.08. The van der Waals surface area contributed by atoms with E-state index in [1.165, 1.54) is 0 Å². The fourth-order valence-electron chi connectivity index (χ4n) is 2.80. The van der Waals surface area contributed by atoms with Crippen LogP contribution >= 0.6 is 0 Å². The van der Waals surface area contributed by atoms with Gasteiger partial charge >= 0.3 is 0 Å². The summed E-state index contributed by atoms with van der Waals surface area (Å²) >= 11 is 0. The Balaban J connectivity index is 1.96. The Bertz CT molecular complexity index is 836. The molecule has 0 aromatic heterocycles. The van der Waals surface area contributed by atoms with Crippen LogP contribution < -0.4 is 9.47 Å². The maximum absolute atomic E-state index is 12.4. The van der Waals surface area contributed by atoms with Crippen LogP contribution in [0.25, 0.3) is 6.08 Å². The minimum absolute atomic E-state index is 0.00824. The zero-order valence-electron chi connectivity index (χ0n) is 16.9. The summed E-state index contributed by atoms with van der Waals surface area (Å²) < 4.78 is 10.8. The lowest BCUT2D eigenvalue weighted by atomic mass is 10.1. The molecule has 2 aromatic carbocycles. The highest BCUT2D eigenvalue weighted by Crippen LogP contribution is 2.19. The molecule has 1 amide bonds. The minimum atomic E-state index is -0.0979. The molecule has 2 rings (SSSR count). The molecule has 0 aliphatic rings. The van der Waals surface area contributed by atoms with E-state index in [4.69, 9.17) is 9.47 Å². The van der Waals surface area contributed by atoms with Gasteiger partial charge in [0.05, 0.1) is 7.11 Å². The third-order valence-electron chi connectivity index (χ3n) is 4.46. The van der Waals surface area contributed by atoms with Gasteiger partial charge in [-0.05, 0) is 74.4 Å². The average molecular weight is 381 g/mol. The number of aryl methyl sites for hydroxylation is 1. The van der Waals surface area contributed by atoms with Gasteiger partial charge in [0.2, 0.25) is 0 Å². The molecule has 5 heteroatoms. The van der Waals surface area contributed by atoms with Crippen molar-refractivity contribution in [1.29, 1.82) is 0 Å². The highest BCUT2D eigenvalue weighted by molar-refractivity contribution is 6.06. The van der Waals surface area contributed by atoms with Crippen LogP contribution in [0.15, 0.2) is 48.5 Å². The number of nitrogens with zero attached hydrogens (tertiary/aromatic N) is 1. The summed E-state index contributed by atoms with van der Waals surface area (Å²) in [4.78, 5) is 26.0. The first-order chi connectivity index (χ1) is 13.5. The van der Waals surface area contributed by atoms with Crippen molar-refractivity contribution in [2.75, 3.05) is 26.8 Å². The van der Waals surface area contributed by atoms with Crippen molar-refractivity contribution in [3.8, 4) is 11.5 Å². The van der Waals surface area contributed by atoms with Crippen LogP contribution in [0.5, 0.6) is 11.5 Å². The maximum Gasteiger partial charge on any atom is 0.260 e. The smallest absolute Gasteiger partial charge is 0.260 e. The summed E-state index contributed by atoms with van der Waals surface area (Å²) in [6.07, 6.45) is 3.32. The van der Waals surface area contributed by atoms with Crippen molar-refractivity contribution >= 4 is 17.8 Å². The Kier molecular flexibility index (Phi) is 7.81. The predicted molar refractivity (Wildman–Crippen MR) is 111 cm³/mol. The minimum Gasteiger partial charge on any atom is -0.496 e. The zero-order valence-corrected chi connectivity index (χ0v) is 16.9. The zero-order chi connectivity index (χ0) is 20.5. The summed E-state index contributed by atoms with van der Waals surface area (Å²) in [5, 5.41) is 0. The fraction of sp³-hybridized carbons (Fsp3) is 0.304. The largest absolute Gasteiger partial charge is 0.496 e. The van der Waals surface area contributed by atoms with Crippen molar-refractivity contribution in [3.05, 3.63) is 65.2 Å². The van der Waals surface area contributed by atoms with E-state index >= 15 is 0 Å². The maximum atomic E-state index is 12.4. The fourth-order valence-corrected chi connectivity index (χ4v) is 2.80. The summed E-state index contributed by atoms with van der Waals surface area (Å²) in [7, 11) is 1.63. The molecule has 0 radical (unpaired) electrons. The Morgan fingerprint density at radius 3 is 2.29 bits per heavy atom. The van der Waals surface area contributed by atoms with Crippen molar-refractivity contribution in [2.45, 2.75) is 20.8 Å². The number of methoxy groups -OCH3 is 1. The van der Waals surface area contributed by atoms with Gasteiger partial charge in [0.15, 0.2) is 12.4 Å². The normalized spacial score (nSPS) is 10.7. The first kappa shape index (κ1) is 21.2. The molecule has 0 spiro atoms. The second-order valence-electron chi connectivity index (χ2n) is 6.31. The number of likely N-dealkylation sites (N-methyl/N-ethyl adjacent to an activating group) is 1. The van der Waals surface area contributed by atoms with Gasteiger partial charge in [-0.1, -0.05) is 12.1 Å². The number of carbonyl (C=O) groups excluding carboxylic acids is 2. The van der Waals surface area contributed by atoms with Crippen LogP contribution in [0.3, 0.4) is 0 Å². The van der Waals surface area contributed by atoms with Gasteiger partial charge in [0.1, 0.15) is 11.5 Å². The first-order valence-electron chi connectivity index (χ1n) is 9.36. The number of amides is 1. The van der Waals surface area contributed by atoms with Gasteiger partial charge in [0.25, 0.3) is 5.91 Å². The quantitative estimate of drug-likeness (QED) is 0.484. The Morgan fingerprint density at radius 2 is 1.71 bits per heavy atom. The van der Waals surface area contributed by atoms with Gasteiger partial charge in [0, 0.05) is 18.7 Å². The van der Waals surface area contributed by atoms with Crippen molar-refractivity contribution < 1.29 is 19.1 Å². The molecular weight excluding hydrogens is 354 g/mol. The van der Waals surface area contributed by atoms with Crippen LogP contribution in [0.4, 0.5) is 0 Å². The molecule has 0 saturated heterocycles. The highest BCUT2D eigenvalue weighted by Gasteiger charge is 2.10. The van der Waals surface area contributed by atoms with Crippen molar-refractivity contribution in [1.82, 2.24) is 4.90 Å². The van der Waals surface area contributed by atoms with Crippen molar-refractivity contribution in [2.24, 2.45) is 0 Å². The molecule has 5 nitrogen and oxygen atoms in total. The molecular formula is C23H27NO4. The third kappa shape index (κ3) is 5.71. The second-order valence-corrected chi connectivity index (χ2v) is 6.31. The Morgan fingerprint density at radius 1 is 1.04 bits per heavy atom. The van der Waals surface area contributed by atoms with Crippen LogP contribution in [0.2, 0.25) is 0 Å².